The van der Waals surface area contributed by atoms with E-state index in [9.17, 15) is 9.59 Å². The summed E-state index contributed by atoms with van der Waals surface area (Å²) in [5.41, 5.74) is 0.937. The maximum atomic E-state index is 12.1. The van der Waals surface area contributed by atoms with Gasteiger partial charge in [-0.3, -0.25) is 4.79 Å². The molecule has 23 heavy (non-hydrogen) atoms. The molecule has 0 radical (unpaired) electrons. The highest BCUT2D eigenvalue weighted by molar-refractivity contribution is 9.10. The fourth-order valence-corrected chi connectivity index (χ4v) is 2.30. The average molecular weight is 378 g/mol. The number of amides is 1. The van der Waals surface area contributed by atoms with Crippen LogP contribution in [0.25, 0.3) is 0 Å². The van der Waals surface area contributed by atoms with Crippen LogP contribution in [0.5, 0.6) is 5.75 Å². The van der Waals surface area contributed by atoms with Crippen molar-refractivity contribution >= 4 is 33.5 Å². The Morgan fingerprint density at radius 2 is 1.87 bits per heavy atom. The van der Waals surface area contributed by atoms with E-state index in [-0.39, 0.29) is 0 Å². The van der Waals surface area contributed by atoms with E-state index in [1.807, 2.05) is 0 Å². The monoisotopic (exact) mass is 377 g/mol. The molecule has 0 spiro atoms. The lowest BCUT2D eigenvalue weighted by atomic mass is 10.2. The SMILES string of the molecule is COc1cccc(NC(=O)[C@@H](C)OC(=O)c2ccccc2Br)c1. The van der Waals surface area contributed by atoms with Crippen molar-refractivity contribution in [2.24, 2.45) is 0 Å². The lowest BCUT2D eigenvalue weighted by molar-refractivity contribution is -0.123. The summed E-state index contributed by atoms with van der Waals surface area (Å²) in [4.78, 5) is 24.2. The number of carbonyl (C=O) groups is 2. The Hall–Kier alpha value is -2.34. The summed E-state index contributed by atoms with van der Waals surface area (Å²) in [6.45, 7) is 1.52. The summed E-state index contributed by atoms with van der Waals surface area (Å²) in [6, 6.07) is 13.8. The molecule has 5 nitrogen and oxygen atoms in total. The fourth-order valence-electron chi connectivity index (χ4n) is 1.85. The fraction of sp³-hybridized carbons (Fsp3) is 0.176. The van der Waals surface area contributed by atoms with Crippen LogP contribution < -0.4 is 10.1 Å². The van der Waals surface area contributed by atoms with Crippen molar-refractivity contribution < 1.29 is 19.1 Å². The van der Waals surface area contributed by atoms with Gasteiger partial charge < -0.3 is 14.8 Å². The quantitative estimate of drug-likeness (QED) is 0.807. The third kappa shape index (κ3) is 4.56. The van der Waals surface area contributed by atoms with Crippen LogP contribution in [0.1, 0.15) is 17.3 Å². The molecule has 2 aromatic carbocycles. The van der Waals surface area contributed by atoms with Crippen LogP contribution in [-0.2, 0) is 9.53 Å². The molecule has 2 aromatic rings. The van der Waals surface area contributed by atoms with Crippen molar-refractivity contribution in [3.05, 3.63) is 58.6 Å². The minimum atomic E-state index is -0.930. The normalized spacial score (nSPS) is 11.4. The van der Waals surface area contributed by atoms with E-state index in [1.54, 1.807) is 55.6 Å². The van der Waals surface area contributed by atoms with E-state index in [0.29, 0.717) is 21.5 Å². The topological polar surface area (TPSA) is 64.6 Å². The number of carbonyl (C=O) groups excluding carboxylic acids is 2. The Kier molecular flexibility index (Phi) is 5.76. The largest absolute Gasteiger partial charge is 0.497 e. The number of halogens is 1. The van der Waals surface area contributed by atoms with Crippen molar-refractivity contribution in [3.8, 4) is 5.75 Å². The number of nitrogens with one attached hydrogen (secondary N) is 1. The molecular weight excluding hydrogens is 362 g/mol. The second kappa shape index (κ2) is 7.78. The molecule has 0 aliphatic carbocycles. The number of rotatable bonds is 5. The van der Waals surface area contributed by atoms with Crippen LogP contribution in [0.3, 0.4) is 0 Å². The van der Waals surface area contributed by atoms with E-state index in [4.69, 9.17) is 9.47 Å². The van der Waals surface area contributed by atoms with E-state index >= 15 is 0 Å². The number of hydrogen-bond acceptors (Lipinski definition) is 4. The van der Waals surface area contributed by atoms with Crippen LogP contribution in [0, 0.1) is 0 Å². The van der Waals surface area contributed by atoms with Crippen LogP contribution in [0.4, 0.5) is 5.69 Å². The van der Waals surface area contributed by atoms with Crippen LogP contribution >= 0.6 is 15.9 Å². The van der Waals surface area contributed by atoms with Gasteiger partial charge in [0.05, 0.1) is 12.7 Å². The molecule has 0 aromatic heterocycles. The van der Waals surface area contributed by atoms with Gasteiger partial charge in [0, 0.05) is 16.2 Å². The number of hydrogen-bond donors (Lipinski definition) is 1. The standard InChI is InChI=1S/C17H16BrNO4/c1-11(23-17(21)14-8-3-4-9-15(14)18)16(20)19-12-6-5-7-13(10-12)22-2/h3-11H,1-2H3,(H,19,20)/t11-/m1/s1. The van der Waals surface area contributed by atoms with Crippen molar-refractivity contribution in [1.29, 1.82) is 0 Å². The minimum absolute atomic E-state index is 0.369. The highest BCUT2D eigenvalue weighted by Crippen LogP contribution is 2.19. The van der Waals surface area contributed by atoms with E-state index in [0.717, 1.165) is 0 Å². The highest BCUT2D eigenvalue weighted by atomic mass is 79.9. The number of methoxy groups -OCH3 is 1. The van der Waals surface area contributed by atoms with Gasteiger partial charge in [-0.1, -0.05) is 18.2 Å². The predicted octanol–water partition coefficient (Wildman–Crippen LogP) is 3.64. The Morgan fingerprint density at radius 1 is 1.13 bits per heavy atom. The van der Waals surface area contributed by atoms with Gasteiger partial charge in [-0.25, -0.2) is 4.79 Å². The molecule has 1 N–H and O–H groups in total. The van der Waals surface area contributed by atoms with Gasteiger partial charge in [0.1, 0.15) is 5.75 Å². The maximum absolute atomic E-state index is 12.1. The summed E-state index contributed by atoms with van der Waals surface area (Å²) < 4.78 is 10.9. The van der Waals surface area contributed by atoms with E-state index in [2.05, 4.69) is 21.2 Å². The molecule has 0 unspecified atom stereocenters. The molecule has 0 aliphatic rings. The smallest absolute Gasteiger partial charge is 0.340 e. The summed E-state index contributed by atoms with van der Waals surface area (Å²) in [6.07, 6.45) is -0.930. The Bertz CT molecular complexity index is 717. The van der Waals surface area contributed by atoms with Crippen LogP contribution in [0.15, 0.2) is 53.0 Å². The first-order valence-corrected chi connectivity index (χ1v) is 7.71. The zero-order chi connectivity index (χ0) is 16.8. The Balaban J connectivity index is 1.99. The summed E-state index contributed by atoms with van der Waals surface area (Å²) >= 11 is 3.28. The number of benzene rings is 2. The third-order valence-electron chi connectivity index (χ3n) is 3.08. The van der Waals surface area contributed by atoms with Gasteiger partial charge in [-0.2, -0.15) is 0 Å². The van der Waals surface area contributed by atoms with Crippen LogP contribution in [0.2, 0.25) is 0 Å². The lowest BCUT2D eigenvalue weighted by Crippen LogP contribution is -2.30. The molecule has 6 heteroatoms. The van der Waals surface area contributed by atoms with E-state index in [1.165, 1.54) is 6.92 Å². The maximum Gasteiger partial charge on any atom is 0.340 e. The summed E-state index contributed by atoms with van der Waals surface area (Å²) in [5, 5.41) is 2.68. The molecular formula is C17H16BrNO4. The van der Waals surface area contributed by atoms with Gasteiger partial charge >= 0.3 is 5.97 Å². The third-order valence-corrected chi connectivity index (χ3v) is 3.78. The van der Waals surface area contributed by atoms with Gasteiger partial charge in [-0.15, -0.1) is 0 Å². The first kappa shape index (κ1) is 17.0. The second-order valence-corrected chi connectivity index (χ2v) is 5.60. The molecule has 0 fully saturated rings. The lowest BCUT2D eigenvalue weighted by Gasteiger charge is -2.14. The molecule has 1 amide bonds. The number of anilines is 1. The van der Waals surface area contributed by atoms with Crippen molar-refractivity contribution in [2.75, 3.05) is 12.4 Å². The number of esters is 1. The molecule has 0 aliphatic heterocycles. The molecule has 0 saturated heterocycles. The average Bonchev–Trinajstić information content (AvgIpc) is 2.55. The van der Waals surface area contributed by atoms with Gasteiger partial charge in [-0.05, 0) is 47.1 Å². The Morgan fingerprint density at radius 3 is 2.57 bits per heavy atom. The molecule has 0 saturated carbocycles. The molecule has 0 bridgehead atoms. The summed E-state index contributed by atoms with van der Waals surface area (Å²) in [5.74, 6) is -0.356. The summed E-state index contributed by atoms with van der Waals surface area (Å²) in [7, 11) is 1.54. The molecule has 1 atom stereocenters. The highest BCUT2D eigenvalue weighted by Gasteiger charge is 2.20. The van der Waals surface area contributed by atoms with Gasteiger partial charge in [0.15, 0.2) is 6.10 Å². The van der Waals surface area contributed by atoms with Gasteiger partial charge in [0.25, 0.3) is 5.91 Å². The Labute approximate surface area is 142 Å². The zero-order valence-corrected chi connectivity index (χ0v) is 14.3. The first-order valence-electron chi connectivity index (χ1n) is 6.91. The van der Waals surface area contributed by atoms with Crippen molar-refractivity contribution in [3.63, 3.8) is 0 Å². The first-order chi connectivity index (χ1) is 11.0. The van der Waals surface area contributed by atoms with Crippen molar-refractivity contribution in [1.82, 2.24) is 0 Å². The number of ether oxygens (including phenoxy) is 2. The zero-order valence-electron chi connectivity index (χ0n) is 12.7. The van der Waals surface area contributed by atoms with E-state index < -0.39 is 18.0 Å². The van der Waals surface area contributed by atoms with Crippen molar-refractivity contribution in [2.45, 2.75) is 13.0 Å². The second-order valence-electron chi connectivity index (χ2n) is 4.75. The van der Waals surface area contributed by atoms with Crippen LogP contribution in [-0.4, -0.2) is 25.1 Å². The molecule has 0 heterocycles. The predicted molar refractivity (Wildman–Crippen MR) is 90.6 cm³/mol. The van der Waals surface area contributed by atoms with Gasteiger partial charge in [0.2, 0.25) is 0 Å². The minimum Gasteiger partial charge on any atom is -0.497 e. The molecule has 120 valence electrons. The molecule has 2 rings (SSSR count).